The highest BCUT2D eigenvalue weighted by atomic mass is 16.6. The Balaban J connectivity index is 2.45. The van der Waals surface area contributed by atoms with Gasteiger partial charge in [-0.05, 0) is 17.9 Å². The van der Waals surface area contributed by atoms with Crippen LogP contribution in [0.5, 0.6) is 0 Å². The summed E-state index contributed by atoms with van der Waals surface area (Å²) in [5.74, 6) is -1.12. The molecule has 0 spiro atoms. The zero-order valence-corrected chi connectivity index (χ0v) is 11.2. The number of furan rings is 1. The average Bonchev–Trinajstić information content (AvgIpc) is 2.76. The van der Waals surface area contributed by atoms with Gasteiger partial charge in [-0.1, -0.05) is 20.8 Å². The fourth-order valence-electron chi connectivity index (χ4n) is 1.39. The number of carbonyl (C=O) groups excluding carboxylic acids is 1. The molecular formula is C12H18N2O5. The third-order valence-corrected chi connectivity index (χ3v) is 2.70. The van der Waals surface area contributed by atoms with Crippen molar-refractivity contribution in [2.24, 2.45) is 5.41 Å². The zero-order valence-electron chi connectivity index (χ0n) is 11.2. The standard InChI is InChI=1S/C12H18N2O5/c1-12(2,3)9(15)6-7-13-11(16)8-4-5-10(19-8)14(17)18/h4-5,9,15H,6-7H2,1-3H3,(H,13,16). The minimum Gasteiger partial charge on any atom is -0.395 e. The Hall–Kier alpha value is -1.89. The van der Waals surface area contributed by atoms with E-state index in [2.05, 4.69) is 5.32 Å². The lowest BCUT2D eigenvalue weighted by Crippen LogP contribution is -2.32. The number of carbonyl (C=O) groups is 1. The van der Waals surface area contributed by atoms with E-state index in [4.69, 9.17) is 4.42 Å². The number of aliphatic hydroxyl groups excluding tert-OH is 1. The zero-order chi connectivity index (χ0) is 14.6. The first kappa shape index (κ1) is 15.2. The van der Waals surface area contributed by atoms with Crippen molar-refractivity contribution >= 4 is 11.8 Å². The minimum atomic E-state index is -0.708. The molecule has 0 aliphatic heterocycles. The van der Waals surface area contributed by atoms with Crippen molar-refractivity contribution in [3.63, 3.8) is 0 Å². The van der Waals surface area contributed by atoms with Gasteiger partial charge in [-0.25, -0.2) is 0 Å². The summed E-state index contributed by atoms with van der Waals surface area (Å²) in [4.78, 5) is 21.3. The lowest BCUT2D eigenvalue weighted by Gasteiger charge is -2.25. The van der Waals surface area contributed by atoms with Gasteiger partial charge in [0.2, 0.25) is 0 Å². The van der Waals surface area contributed by atoms with E-state index in [0.29, 0.717) is 6.42 Å². The third-order valence-electron chi connectivity index (χ3n) is 2.70. The van der Waals surface area contributed by atoms with Crippen molar-refractivity contribution in [3.05, 3.63) is 28.0 Å². The molecule has 7 heteroatoms. The summed E-state index contributed by atoms with van der Waals surface area (Å²) in [6.07, 6.45) is -0.142. The molecule has 1 unspecified atom stereocenters. The molecule has 1 heterocycles. The normalized spacial score (nSPS) is 13.1. The molecule has 106 valence electrons. The smallest absolute Gasteiger partial charge is 0.395 e. The Morgan fingerprint density at radius 1 is 1.53 bits per heavy atom. The van der Waals surface area contributed by atoms with Crippen molar-refractivity contribution in [1.29, 1.82) is 0 Å². The number of hydrogen-bond acceptors (Lipinski definition) is 5. The number of nitrogens with zero attached hydrogens (tertiary/aromatic N) is 1. The van der Waals surface area contributed by atoms with Gasteiger partial charge in [0, 0.05) is 6.54 Å². The highest BCUT2D eigenvalue weighted by molar-refractivity contribution is 5.91. The summed E-state index contributed by atoms with van der Waals surface area (Å²) in [6, 6.07) is 2.37. The van der Waals surface area contributed by atoms with Crippen LogP contribution < -0.4 is 5.32 Å². The van der Waals surface area contributed by atoms with Crippen LogP contribution in [0.4, 0.5) is 5.88 Å². The second kappa shape index (κ2) is 5.83. The predicted molar refractivity (Wildman–Crippen MR) is 67.8 cm³/mol. The lowest BCUT2D eigenvalue weighted by atomic mass is 9.87. The van der Waals surface area contributed by atoms with Gasteiger partial charge in [-0.2, -0.15) is 0 Å². The van der Waals surface area contributed by atoms with E-state index in [-0.39, 0.29) is 17.7 Å². The SMILES string of the molecule is CC(C)(C)C(O)CCNC(=O)c1ccc([N+](=O)[O-])o1. The number of nitrogens with one attached hydrogen (secondary N) is 1. The summed E-state index contributed by atoms with van der Waals surface area (Å²) >= 11 is 0. The van der Waals surface area contributed by atoms with E-state index in [1.807, 2.05) is 20.8 Å². The Morgan fingerprint density at radius 2 is 2.16 bits per heavy atom. The van der Waals surface area contributed by atoms with Gasteiger partial charge in [0.25, 0.3) is 5.91 Å². The van der Waals surface area contributed by atoms with Crippen molar-refractivity contribution in [1.82, 2.24) is 5.32 Å². The van der Waals surface area contributed by atoms with Crippen LogP contribution in [0.15, 0.2) is 16.5 Å². The predicted octanol–water partition coefficient (Wildman–Crippen LogP) is 1.71. The van der Waals surface area contributed by atoms with Crippen LogP contribution in [-0.2, 0) is 0 Å². The molecule has 0 fully saturated rings. The highest BCUT2D eigenvalue weighted by Crippen LogP contribution is 2.21. The maximum absolute atomic E-state index is 11.6. The number of hydrogen-bond donors (Lipinski definition) is 2. The first-order valence-corrected chi connectivity index (χ1v) is 5.92. The second-order valence-corrected chi connectivity index (χ2v) is 5.32. The van der Waals surface area contributed by atoms with Crippen LogP contribution in [0.3, 0.4) is 0 Å². The fourth-order valence-corrected chi connectivity index (χ4v) is 1.39. The lowest BCUT2D eigenvalue weighted by molar-refractivity contribution is -0.402. The minimum absolute atomic E-state index is 0.114. The fraction of sp³-hybridized carbons (Fsp3) is 0.583. The number of nitro groups is 1. The van der Waals surface area contributed by atoms with Crippen LogP contribution in [0.1, 0.15) is 37.7 Å². The molecule has 7 nitrogen and oxygen atoms in total. The third kappa shape index (κ3) is 4.36. The molecule has 1 aromatic heterocycles. The molecule has 0 radical (unpaired) electrons. The maximum Gasteiger partial charge on any atom is 0.433 e. The summed E-state index contributed by atoms with van der Waals surface area (Å²) in [6.45, 7) is 5.96. The van der Waals surface area contributed by atoms with Crippen molar-refractivity contribution < 1.29 is 19.2 Å². The first-order chi connectivity index (χ1) is 8.71. The van der Waals surface area contributed by atoms with E-state index in [9.17, 15) is 20.0 Å². The van der Waals surface area contributed by atoms with Gasteiger partial charge in [0.15, 0.2) is 5.76 Å². The molecule has 19 heavy (non-hydrogen) atoms. The molecule has 0 aliphatic rings. The molecular weight excluding hydrogens is 252 g/mol. The van der Waals surface area contributed by atoms with Crippen LogP contribution >= 0.6 is 0 Å². The molecule has 1 amide bonds. The topological polar surface area (TPSA) is 106 Å². The highest BCUT2D eigenvalue weighted by Gasteiger charge is 2.22. The Kier molecular flexibility index (Phi) is 4.66. The van der Waals surface area contributed by atoms with Gasteiger partial charge in [-0.3, -0.25) is 14.9 Å². The van der Waals surface area contributed by atoms with Gasteiger partial charge in [-0.15, -0.1) is 0 Å². The van der Waals surface area contributed by atoms with E-state index < -0.39 is 22.8 Å². The van der Waals surface area contributed by atoms with Gasteiger partial charge in [0.05, 0.1) is 12.2 Å². The van der Waals surface area contributed by atoms with Crippen LogP contribution in [0.25, 0.3) is 0 Å². The van der Waals surface area contributed by atoms with Gasteiger partial charge >= 0.3 is 5.88 Å². The van der Waals surface area contributed by atoms with Crippen molar-refractivity contribution in [3.8, 4) is 0 Å². The molecule has 2 N–H and O–H groups in total. The molecule has 0 aromatic carbocycles. The molecule has 0 saturated heterocycles. The monoisotopic (exact) mass is 270 g/mol. The van der Waals surface area contributed by atoms with E-state index >= 15 is 0 Å². The Bertz CT molecular complexity index is 461. The summed E-state index contributed by atoms with van der Waals surface area (Å²) in [5.41, 5.74) is -0.256. The summed E-state index contributed by atoms with van der Waals surface area (Å²) < 4.78 is 4.76. The van der Waals surface area contributed by atoms with E-state index in [1.54, 1.807) is 0 Å². The number of aliphatic hydroxyl groups is 1. The molecule has 0 aliphatic carbocycles. The molecule has 1 aromatic rings. The van der Waals surface area contributed by atoms with Gasteiger partial charge in [0.1, 0.15) is 4.92 Å². The summed E-state index contributed by atoms with van der Waals surface area (Å²) in [5, 5.41) is 22.7. The van der Waals surface area contributed by atoms with Crippen molar-refractivity contribution in [2.75, 3.05) is 6.54 Å². The quantitative estimate of drug-likeness (QED) is 0.626. The van der Waals surface area contributed by atoms with Crippen LogP contribution in [0.2, 0.25) is 0 Å². The van der Waals surface area contributed by atoms with Crippen LogP contribution in [0, 0.1) is 15.5 Å². The molecule has 0 bridgehead atoms. The Labute approximate surface area is 110 Å². The van der Waals surface area contributed by atoms with Crippen LogP contribution in [-0.4, -0.2) is 28.6 Å². The molecule has 1 rings (SSSR count). The van der Waals surface area contributed by atoms with E-state index in [1.165, 1.54) is 6.07 Å². The Morgan fingerprint density at radius 3 is 2.63 bits per heavy atom. The van der Waals surface area contributed by atoms with Crippen molar-refractivity contribution in [2.45, 2.75) is 33.3 Å². The second-order valence-electron chi connectivity index (χ2n) is 5.32. The summed E-state index contributed by atoms with van der Waals surface area (Å²) in [7, 11) is 0. The van der Waals surface area contributed by atoms with Gasteiger partial charge < -0.3 is 14.8 Å². The number of amides is 1. The first-order valence-electron chi connectivity index (χ1n) is 5.92. The molecule has 0 saturated carbocycles. The maximum atomic E-state index is 11.6. The molecule has 1 atom stereocenters. The van der Waals surface area contributed by atoms with E-state index in [0.717, 1.165) is 6.07 Å². The largest absolute Gasteiger partial charge is 0.433 e. The number of rotatable bonds is 5. The average molecular weight is 270 g/mol.